The van der Waals surface area contributed by atoms with Crippen molar-refractivity contribution >= 4 is 16.6 Å². The molecular weight excluding hydrogens is 254 g/mol. The van der Waals surface area contributed by atoms with Gasteiger partial charge in [0, 0.05) is 11.3 Å². The molecular formula is C15H13N3O2. The lowest BCUT2D eigenvalue weighted by atomic mass is 10.2. The van der Waals surface area contributed by atoms with Crippen LogP contribution in [-0.2, 0) is 6.61 Å². The lowest BCUT2D eigenvalue weighted by Crippen LogP contribution is -1.95. The third kappa shape index (κ3) is 2.26. The van der Waals surface area contributed by atoms with Gasteiger partial charge in [0.25, 0.3) is 0 Å². The van der Waals surface area contributed by atoms with E-state index in [-0.39, 0.29) is 6.61 Å². The summed E-state index contributed by atoms with van der Waals surface area (Å²) in [4.78, 5) is 8.32. The average Bonchev–Trinajstić information content (AvgIpc) is 2.47. The first-order valence-electron chi connectivity index (χ1n) is 6.15. The van der Waals surface area contributed by atoms with Gasteiger partial charge >= 0.3 is 0 Å². The number of aliphatic hydroxyl groups excluding tert-OH is 1. The highest BCUT2D eigenvalue weighted by atomic mass is 16.5. The van der Waals surface area contributed by atoms with E-state index in [0.29, 0.717) is 22.9 Å². The van der Waals surface area contributed by atoms with E-state index in [2.05, 4.69) is 9.97 Å². The molecule has 1 aromatic heterocycles. The van der Waals surface area contributed by atoms with Crippen LogP contribution in [0.1, 0.15) is 5.56 Å². The van der Waals surface area contributed by atoms with E-state index in [4.69, 9.17) is 10.5 Å². The maximum absolute atomic E-state index is 9.32. The van der Waals surface area contributed by atoms with E-state index in [0.717, 1.165) is 10.9 Å². The number of para-hydroxylation sites is 1. The Morgan fingerprint density at radius 3 is 2.80 bits per heavy atom. The third-order valence-corrected chi connectivity index (χ3v) is 2.97. The molecule has 0 aliphatic heterocycles. The standard InChI is InChI=1S/C15H13N3O2/c16-11-5-6-12-13(7-11)17-9-18-15(12)20-14-4-2-1-3-10(14)8-19/h1-7,9,19H,8,16H2. The predicted molar refractivity (Wildman–Crippen MR) is 76.4 cm³/mol. The van der Waals surface area contributed by atoms with Crippen molar-refractivity contribution < 1.29 is 9.84 Å². The van der Waals surface area contributed by atoms with Crippen molar-refractivity contribution in [2.75, 3.05) is 5.73 Å². The van der Waals surface area contributed by atoms with E-state index in [1.165, 1.54) is 6.33 Å². The molecule has 0 amide bonds. The molecule has 1 heterocycles. The molecule has 0 saturated carbocycles. The fourth-order valence-corrected chi connectivity index (χ4v) is 1.97. The van der Waals surface area contributed by atoms with Crippen LogP contribution in [0.15, 0.2) is 48.8 Å². The first kappa shape index (κ1) is 12.4. The summed E-state index contributed by atoms with van der Waals surface area (Å²) in [5, 5.41) is 10.1. The Kier molecular flexibility index (Phi) is 3.18. The molecule has 0 aliphatic rings. The highest BCUT2D eigenvalue weighted by Gasteiger charge is 2.08. The van der Waals surface area contributed by atoms with Gasteiger partial charge in [-0.15, -0.1) is 0 Å². The summed E-state index contributed by atoms with van der Waals surface area (Å²) in [5.74, 6) is 1.02. The minimum absolute atomic E-state index is 0.0911. The van der Waals surface area contributed by atoms with Crippen LogP contribution in [-0.4, -0.2) is 15.1 Å². The third-order valence-electron chi connectivity index (χ3n) is 2.97. The molecule has 0 aliphatic carbocycles. The van der Waals surface area contributed by atoms with Crippen LogP contribution in [0, 0.1) is 0 Å². The Labute approximate surface area is 115 Å². The van der Waals surface area contributed by atoms with Gasteiger partial charge in [0.05, 0.1) is 17.5 Å². The molecule has 2 aromatic carbocycles. The second kappa shape index (κ2) is 5.14. The highest BCUT2D eigenvalue weighted by Crippen LogP contribution is 2.29. The number of aliphatic hydroxyl groups is 1. The quantitative estimate of drug-likeness (QED) is 0.712. The molecule has 0 atom stereocenters. The van der Waals surface area contributed by atoms with Crippen molar-refractivity contribution in [3.63, 3.8) is 0 Å². The van der Waals surface area contributed by atoms with Gasteiger partial charge in [-0.25, -0.2) is 9.97 Å². The number of hydrogen-bond donors (Lipinski definition) is 2. The summed E-state index contributed by atoms with van der Waals surface area (Å²) in [6.07, 6.45) is 1.43. The van der Waals surface area contributed by atoms with E-state index in [1.54, 1.807) is 24.3 Å². The SMILES string of the molecule is Nc1ccc2c(Oc3ccccc3CO)ncnc2c1. The van der Waals surface area contributed by atoms with Crippen LogP contribution >= 0.6 is 0 Å². The molecule has 0 spiro atoms. The zero-order valence-corrected chi connectivity index (χ0v) is 10.7. The summed E-state index contributed by atoms with van der Waals surface area (Å²) in [6.45, 7) is -0.0911. The highest BCUT2D eigenvalue weighted by molar-refractivity contribution is 5.86. The normalized spacial score (nSPS) is 10.7. The van der Waals surface area contributed by atoms with Crippen molar-refractivity contribution in [1.82, 2.24) is 9.97 Å². The summed E-state index contributed by atoms with van der Waals surface area (Å²) < 4.78 is 5.80. The number of rotatable bonds is 3. The smallest absolute Gasteiger partial charge is 0.230 e. The molecule has 20 heavy (non-hydrogen) atoms. The summed E-state index contributed by atoms with van der Waals surface area (Å²) >= 11 is 0. The Morgan fingerprint density at radius 2 is 1.95 bits per heavy atom. The minimum atomic E-state index is -0.0911. The molecule has 5 heteroatoms. The number of nitrogens with zero attached hydrogens (tertiary/aromatic N) is 2. The summed E-state index contributed by atoms with van der Waals surface area (Å²) in [7, 11) is 0. The number of hydrogen-bond acceptors (Lipinski definition) is 5. The van der Waals surface area contributed by atoms with Gasteiger partial charge in [0.2, 0.25) is 5.88 Å². The monoisotopic (exact) mass is 267 g/mol. The topological polar surface area (TPSA) is 81.3 Å². The molecule has 0 radical (unpaired) electrons. The van der Waals surface area contributed by atoms with Crippen molar-refractivity contribution in [2.45, 2.75) is 6.61 Å². The number of nitrogen functional groups attached to an aromatic ring is 1. The minimum Gasteiger partial charge on any atom is -0.438 e. The second-order valence-corrected chi connectivity index (χ2v) is 4.32. The van der Waals surface area contributed by atoms with Gasteiger partial charge in [0.1, 0.15) is 12.1 Å². The fraction of sp³-hybridized carbons (Fsp3) is 0.0667. The Bertz CT molecular complexity index is 759. The molecule has 0 fully saturated rings. The predicted octanol–water partition coefficient (Wildman–Crippen LogP) is 2.50. The number of aromatic nitrogens is 2. The van der Waals surface area contributed by atoms with E-state index < -0.39 is 0 Å². The average molecular weight is 267 g/mol. The number of ether oxygens (including phenoxy) is 1. The molecule has 0 unspecified atom stereocenters. The molecule has 5 nitrogen and oxygen atoms in total. The molecule has 3 N–H and O–H groups in total. The Morgan fingerprint density at radius 1 is 1.10 bits per heavy atom. The van der Waals surface area contributed by atoms with Crippen molar-refractivity contribution in [3.05, 3.63) is 54.4 Å². The Hall–Kier alpha value is -2.66. The van der Waals surface area contributed by atoms with E-state index >= 15 is 0 Å². The zero-order valence-electron chi connectivity index (χ0n) is 10.7. The molecule has 3 aromatic rings. The maximum atomic E-state index is 9.32. The van der Waals surface area contributed by atoms with Gasteiger partial charge in [-0.2, -0.15) is 0 Å². The van der Waals surface area contributed by atoms with Gasteiger partial charge in [0.15, 0.2) is 0 Å². The lowest BCUT2D eigenvalue weighted by molar-refractivity contribution is 0.276. The van der Waals surface area contributed by atoms with Gasteiger partial charge in [-0.1, -0.05) is 18.2 Å². The first-order valence-corrected chi connectivity index (χ1v) is 6.15. The zero-order chi connectivity index (χ0) is 13.9. The van der Waals surface area contributed by atoms with E-state index in [1.807, 2.05) is 18.2 Å². The van der Waals surface area contributed by atoms with Crippen LogP contribution < -0.4 is 10.5 Å². The lowest BCUT2D eigenvalue weighted by Gasteiger charge is -2.10. The van der Waals surface area contributed by atoms with Gasteiger partial charge in [-0.05, 0) is 24.3 Å². The Balaban J connectivity index is 2.07. The molecule has 0 saturated heterocycles. The van der Waals surface area contributed by atoms with Gasteiger partial charge in [-0.3, -0.25) is 0 Å². The number of anilines is 1. The largest absolute Gasteiger partial charge is 0.438 e. The molecule has 100 valence electrons. The van der Waals surface area contributed by atoms with E-state index in [9.17, 15) is 5.11 Å². The molecule has 3 rings (SSSR count). The number of nitrogens with two attached hydrogens (primary N) is 1. The summed E-state index contributed by atoms with van der Waals surface area (Å²) in [5.41, 5.74) is 7.80. The number of fused-ring (bicyclic) bond motifs is 1. The number of benzene rings is 2. The summed E-state index contributed by atoms with van der Waals surface area (Å²) in [6, 6.07) is 12.6. The second-order valence-electron chi connectivity index (χ2n) is 4.32. The van der Waals surface area contributed by atoms with Crippen LogP contribution in [0.25, 0.3) is 10.9 Å². The van der Waals surface area contributed by atoms with Crippen LogP contribution in [0.3, 0.4) is 0 Å². The van der Waals surface area contributed by atoms with Crippen molar-refractivity contribution in [1.29, 1.82) is 0 Å². The van der Waals surface area contributed by atoms with Gasteiger partial charge < -0.3 is 15.6 Å². The van der Waals surface area contributed by atoms with Crippen molar-refractivity contribution in [2.24, 2.45) is 0 Å². The van der Waals surface area contributed by atoms with Crippen molar-refractivity contribution in [3.8, 4) is 11.6 Å². The maximum Gasteiger partial charge on any atom is 0.230 e. The fourth-order valence-electron chi connectivity index (χ4n) is 1.97. The first-order chi connectivity index (χ1) is 9.78. The van der Waals surface area contributed by atoms with Crippen LogP contribution in [0.5, 0.6) is 11.6 Å². The van der Waals surface area contributed by atoms with Crippen LogP contribution in [0.2, 0.25) is 0 Å². The molecule has 0 bridgehead atoms. The van der Waals surface area contributed by atoms with Crippen LogP contribution in [0.4, 0.5) is 5.69 Å².